The first-order valence-corrected chi connectivity index (χ1v) is 8.72. The molecular weight excluding hydrogens is 352 g/mol. The van der Waals surface area contributed by atoms with Gasteiger partial charge in [-0.25, -0.2) is 9.59 Å². The molecule has 0 radical (unpaired) electrons. The summed E-state index contributed by atoms with van der Waals surface area (Å²) in [6.45, 7) is 6.53. The molecule has 2 rings (SSSR count). The van der Waals surface area contributed by atoms with Crippen LogP contribution in [0.25, 0.3) is 0 Å². The maximum Gasteiger partial charge on any atom is 0.350 e. The van der Waals surface area contributed by atoms with Gasteiger partial charge in [0.2, 0.25) is 0 Å². The van der Waals surface area contributed by atoms with Crippen molar-refractivity contribution in [2.75, 3.05) is 25.1 Å². The molecule has 1 amide bonds. The molecule has 2 N–H and O–H groups in total. The van der Waals surface area contributed by atoms with Crippen molar-refractivity contribution < 1.29 is 28.6 Å². The maximum atomic E-state index is 12.4. The van der Waals surface area contributed by atoms with Gasteiger partial charge in [0.1, 0.15) is 0 Å². The summed E-state index contributed by atoms with van der Waals surface area (Å²) in [7, 11) is 0. The van der Waals surface area contributed by atoms with Gasteiger partial charge in [-0.3, -0.25) is 4.79 Å². The number of para-hydroxylation sites is 1. The van der Waals surface area contributed by atoms with Crippen molar-refractivity contribution >= 4 is 23.5 Å². The third-order valence-corrected chi connectivity index (χ3v) is 3.62. The van der Waals surface area contributed by atoms with Gasteiger partial charge in [-0.2, -0.15) is 0 Å². The van der Waals surface area contributed by atoms with Gasteiger partial charge in [0.05, 0.1) is 11.3 Å². The number of cyclic esters (lactones) is 2. The van der Waals surface area contributed by atoms with E-state index in [2.05, 4.69) is 10.6 Å². The van der Waals surface area contributed by atoms with Gasteiger partial charge in [-0.05, 0) is 25.5 Å². The predicted octanol–water partition coefficient (Wildman–Crippen LogP) is 1.97. The third kappa shape index (κ3) is 5.82. The smallest absolute Gasteiger partial charge is 0.350 e. The fraction of sp³-hybridized carbons (Fsp3) is 0.421. The Balaban J connectivity index is 2.04. The number of hydrogen-bond acceptors (Lipinski definition) is 7. The van der Waals surface area contributed by atoms with Gasteiger partial charge in [0.25, 0.3) is 11.7 Å². The highest BCUT2D eigenvalue weighted by Crippen LogP contribution is 2.23. The van der Waals surface area contributed by atoms with Crippen LogP contribution in [0.15, 0.2) is 36.0 Å². The average molecular weight is 376 g/mol. The molecule has 0 bridgehead atoms. The number of benzene rings is 1. The molecule has 0 unspecified atom stereocenters. The van der Waals surface area contributed by atoms with E-state index < -0.39 is 17.7 Å². The van der Waals surface area contributed by atoms with Crippen LogP contribution in [0, 0.1) is 0 Å². The summed E-state index contributed by atoms with van der Waals surface area (Å²) in [4.78, 5) is 36.3. The molecule has 27 heavy (non-hydrogen) atoms. The number of carbonyl (C=O) groups is 3. The van der Waals surface area contributed by atoms with Crippen LogP contribution >= 0.6 is 0 Å². The van der Waals surface area contributed by atoms with E-state index >= 15 is 0 Å². The van der Waals surface area contributed by atoms with E-state index in [1.807, 2.05) is 6.92 Å². The van der Waals surface area contributed by atoms with E-state index in [9.17, 15) is 14.4 Å². The summed E-state index contributed by atoms with van der Waals surface area (Å²) in [6.07, 6.45) is 1.88. The Kier molecular flexibility index (Phi) is 6.95. The van der Waals surface area contributed by atoms with Crippen LogP contribution < -0.4 is 10.6 Å². The lowest BCUT2D eigenvalue weighted by Gasteiger charge is -2.29. The normalized spacial score (nSPS) is 15.6. The van der Waals surface area contributed by atoms with Crippen molar-refractivity contribution in [3.8, 4) is 0 Å². The Hall–Kier alpha value is -2.87. The average Bonchev–Trinajstić information content (AvgIpc) is 2.60. The molecule has 1 fully saturated rings. The standard InChI is InChI=1S/C19H24N2O6/c1-4-25-11-7-10-20-16(22)13-8-5-6-9-15(13)21-12-14-17(23)26-19(2,3)27-18(14)24/h5-6,8-9,12,21H,4,7,10-11H2,1-3H3,(H,20,22). The van der Waals surface area contributed by atoms with E-state index in [0.717, 1.165) is 0 Å². The second-order valence-electron chi connectivity index (χ2n) is 6.23. The summed E-state index contributed by atoms with van der Waals surface area (Å²) < 4.78 is 15.3. The molecule has 1 aromatic carbocycles. The predicted molar refractivity (Wildman–Crippen MR) is 97.9 cm³/mol. The SMILES string of the molecule is CCOCCCNC(=O)c1ccccc1NC=C1C(=O)OC(C)(C)OC1=O. The van der Waals surface area contributed by atoms with Crippen molar-refractivity contribution in [3.05, 3.63) is 41.6 Å². The van der Waals surface area contributed by atoms with Crippen LogP contribution in [-0.2, 0) is 23.8 Å². The number of carbonyl (C=O) groups excluding carboxylic acids is 3. The van der Waals surface area contributed by atoms with Gasteiger partial charge >= 0.3 is 11.9 Å². The second-order valence-corrected chi connectivity index (χ2v) is 6.23. The molecular formula is C19H24N2O6. The molecule has 0 aromatic heterocycles. The molecule has 0 spiro atoms. The maximum absolute atomic E-state index is 12.4. The van der Waals surface area contributed by atoms with Crippen LogP contribution in [0.1, 0.15) is 37.6 Å². The van der Waals surface area contributed by atoms with Gasteiger partial charge < -0.3 is 24.8 Å². The van der Waals surface area contributed by atoms with E-state index in [1.165, 1.54) is 20.0 Å². The van der Waals surface area contributed by atoms with Crippen molar-refractivity contribution in [3.63, 3.8) is 0 Å². The highest BCUT2D eigenvalue weighted by Gasteiger charge is 2.39. The first-order chi connectivity index (χ1) is 12.8. The highest BCUT2D eigenvalue weighted by molar-refractivity contribution is 6.15. The Bertz CT molecular complexity index is 719. The van der Waals surface area contributed by atoms with Crippen LogP contribution in [-0.4, -0.2) is 43.4 Å². The quantitative estimate of drug-likeness (QED) is 0.309. The number of amides is 1. The minimum atomic E-state index is -1.30. The minimum Gasteiger partial charge on any atom is -0.419 e. The van der Waals surface area contributed by atoms with Crippen LogP contribution in [0.3, 0.4) is 0 Å². The minimum absolute atomic E-state index is 0.275. The topological polar surface area (TPSA) is 103 Å². The molecule has 1 aliphatic heterocycles. The molecule has 8 nitrogen and oxygen atoms in total. The second kappa shape index (κ2) is 9.18. The highest BCUT2D eigenvalue weighted by atomic mass is 16.7. The number of esters is 2. The number of nitrogens with one attached hydrogen (secondary N) is 2. The first kappa shape index (κ1) is 20.4. The molecule has 0 saturated carbocycles. The molecule has 8 heteroatoms. The molecule has 1 aromatic rings. The Labute approximate surface area is 157 Å². The van der Waals surface area contributed by atoms with E-state index in [0.29, 0.717) is 37.4 Å². The fourth-order valence-electron chi connectivity index (χ4n) is 2.35. The lowest BCUT2D eigenvalue weighted by molar-refractivity contribution is -0.222. The number of anilines is 1. The van der Waals surface area contributed by atoms with Crippen LogP contribution in [0.5, 0.6) is 0 Å². The molecule has 0 atom stereocenters. The summed E-state index contributed by atoms with van der Waals surface area (Å²) in [5.74, 6) is -3.16. The molecule has 1 saturated heterocycles. The van der Waals surface area contributed by atoms with E-state index in [4.69, 9.17) is 14.2 Å². The lowest BCUT2D eigenvalue weighted by Crippen LogP contribution is -2.42. The molecule has 0 aliphatic carbocycles. The Morgan fingerprint density at radius 3 is 2.52 bits per heavy atom. The zero-order valence-corrected chi connectivity index (χ0v) is 15.7. The monoisotopic (exact) mass is 376 g/mol. The van der Waals surface area contributed by atoms with Crippen LogP contribution in [0.2, 0.25) is 0 Å². The zero-order valence-electron chi connectivity index (χ0n) is 15.7. The van der Waals surface area contributed by atoms with Gasteiger partial charge in [-0.15, -0.1) is 0 Å². The number of rotatable bonds is 8. The lowest BCUT2D eigenvalue weighted by atomic mass is 10.1. The summed E-state index contributed by atoms with van der Waals surface area (Å²) >= 11 is 0. The third-order valence-electron chi connectivity index (χ3n) is 3.62. The zero-order chi connectivity index (χ0) is 19.9. The van der Waals surface area contributed by atoms with Crippen molar-refractivity contribution in [1.29, 1.82) is 0 Å². The Morgan fingerprint density at radius 1 is 1.19 bits per heavy atom. The van der Waals surface area contributed by atoms with Gasteiger partial charge in [0.15, 0.2) is 5.57 Å². The summed E-state index contributed by atoms with van der Waals surface area (Å²) in [5.41, 5.74) is 0.544. The van der Waals surface area contributed by atoms with Crippen molar-refractivity contribution in [1.82, 2.24) is 5.32 Å². The van der Waals surface area contributed by atoms with E-state index in [-0.39, 0.29) is 11.5 Å². The number of ether oxygens (including phenoxy) is 3. The van der Waals surface area contributed by atoms with Crippen molar-refractivity contribution in [2.45, 2.75) is 33.0 Å². The Morgan fingerprint density at radius 2 is 1.85 bits per heavy atom. The summed E-state index contributed by atoms with van der Waals surface area (Å²) in [6, 6.07) is 6.75. The molecule has 146 valence electrons. The molecule has 1 heterocycles. The van der Waals surface area contributed by atoms with Gasteiger partial charge in [-0.1, -0.05) is 12.1 Å². The van der Waals surface area contributed by atoms with Crippen LogP contribution in [0.4, 0.5) is 5.69 Å². The first-order valence-electron chi connectivity index (χ1n) is 8.72. The number of hydrogen-bond donors (Lipinski definition) is 2. The fourth-order valence-corrected chi connectivity index (χ4v) is 2.35. The van der Waals surface area contributed by atoms with E-state index in [1.54, 1.807) is 24.3 Å². The summed E-state index contributed by atoms with van der Waals surface area (Å²) in [5, 5.41) is 5.62. The van der Waals surface area contributed by atoms with Crippen molar-refractivity contribution in [2.24, 2.45) is 0 Å². The van der Waals surface area contributed by atoms with Gasteiger partial charge in [0, 0.05) is 39.8 Å². The largest absolute Gasteiger partial charge is 0.419 e. The molecule has 1 aliphatic rings.